The predicted octanol–water partition coefficient (Wildman–Crippen LogP) is 2.17. The van der Waals surface area contributed by atoms with Gasteiger partial charge in [-0.1, -0.05) is 22.5 Å². The van der Waals surface area contributed by atoms with Crippen LogP contribution in [0.4, 0.5) is 5.69 Å². The molecule has 0 radical (unpaired) electrons. The van der Waals surface area contributed by atoms with Crippen molar-refractivity contribution in [2.24, 2.45) is 0 Å². The molecule has 0 heterocycles. The van der Waals surface area contributed by atoms with Crippen LogP contribution in [-0.4, -0.2) is 24.0 Å². The smallest absolute Gasteiger partial charge is 0.0742 e. The van der Waals surface area contributed by atoms with Crippen molar-refractivity contribution in [3.8, 4) is 0 Å². The molecule has 1 aromatic rings. The fraction of sp³-hybridized carbons (Fsp3) is 0.500. The second kappa shape index (κ2) is 10.2. The zero-order valence-electron chi connectivity index (χ0n) is 11.7. The Bertz CT molecular complexity index is 344. The SMILES string of the molecule is CC[NH+](CC)CC.Cc1ccccc1NC(=S)[S-]. The highest BCUT2D eigenvalue weighted by Crippen LogP contribution is 2.12. The van der Waals surface area contributed by atoms with Crippen molar-refractivity contribution in [1.29, 1.82) is 0 Å². The van der Waals surface area contributed by atoms with Crippen molar-refractivity contribution >= 4 is 34.9 Å². The highest BCUT2D eigenvalue weighted by Gasteiger charge is 1.93. The summed E-state index contributed by atoms with van der Waals surface area (Å²) >= 11 is 9.48. The topological polar surface area (TPSA) is 16.5 Å². The molecule has 0 unspecified atom stereocenters. The highest BCUT2D eigenvalue weighted by molar-refractivity contribution is 8.00. The van der Waals surface area contributed by atoms with Crippen LogP contribution in [0, 0.1) is 6.92 Å². The zero-order valence-corrected chi connectivity index (χ0v) is 13.4. The van der Waals surface area contributed by atoms with Crippen LogP contribution < -0.4 is 10.2 Å². The molecule has 0 fully saturated rings. The van der Waals surface area contributed by atoms with Crippen molar-refractivity contribution in [2.75, 3.05) is 25.0 Å². The maximum Gasteiger partial charge on any atom is 0.0742 e. The second-order valence-corrected chi connectivity index (χ2v) is 5.11. The number of aryl methyl sites for hydroxylation is 1. The van der Waals surface area contributed by atoms with Crippen molar-refractivity contribution in [3.63, 3.8) is 0 Å². The first-order valence-electron chi connectivity index (χ1n) is 6.42. The molecule has 0 aliphatic heterocycles. The molecule has 0 aromatic heterocycles. The van der Waals surface area contributed by atoms with Gasteiger partial charge in [-0.25, -0.2) is 0 Å². The first-order valence-corrected chi connectivity index (χ1v) is 7.23. The van der Waals surface area contributed by atoms with Crippen LogP contribution >= 0.6 is 12.2 Å². The summed E-state index contributed by atoms with van der Waals surface area (Å²) in [6.07, 6.45) is 0. The molecule has 4 heteroatoms. The number of benzene rings is 1. The Kier molecular flexibility index (Phi) is 9.83. The minimum atomic E-state index is 0.388. The van der Waals surface area contributed by atoms with Gasteiger partial charge in [-0.05, 0) is 39.3 Å². The summed E-state index contributed by atoms with van der Waals surface area (Å²) in [7, 11) is 0. The molecule has 102 valence electrons. The third kappa shape index (κ3) is 7.58. The number of quaternary nitrogens is 1. The summed E-state index contributed by atoms with van der Waals surface area (Å²) in [4.78, 5) is 1.68. The number of thiocarbonyl (C=S) groups is 1. The van der Waals surface area contributed by atoms with E-state index < -0.39 is 0 Å². The lowest BCUT2D eigenvalue weighted by molar-refractivity contribution is -0.894. The zero-order chi connectivity index (χ0) is 14.0. The van der Waals surface area contributed by atoms with Crippen molar-refractivity contribution in [2.45, 2.75) is 27.7 Å². The molecule has 0 saturated heterocycles. The highest BCUT2D eigenvalue weighted by atomic mass is 32.1. The standard InChI is InChI=1S/C8H9NS2.C6H15N/c1-6-4-2-3-5-7(6)9-8(10)11;1-4-7(5-2)6-3/h2-5H,1H3,(H2,9,10,11);4-6H2,1-3H3. The van der Waals surface area contributed by atoms with Gasteiger partial charge in [0.15, 0.2) is 0 Å². The number of para-hydroxylation sites is 1. The molecule has 0 aliphatic rings. The van der Waals surface area contributed by atoms with Gasteiger partial charge >= 0.3 is 0 Å². The molecule has 2 N–H and O–H groups in total. The van der Waals surface area contributed by atoms with Crippen LogP contribution in [0.5, 0.6) is 0 Å². The molecule has 1 rings (SSSR count). The number of rotatable bonds is 4. The van der Waals surface area contributed by atoms with Crippen molar-refractivity contribution in [1.82, 2.24) is 0 Å². The first-order chi connectivity index (χ1) is 8.54. The van der Waals surface area contributed by atoms with Gasteiger partial charge in [-0.15, -0.1) is 0 Å². The summed E-state index contributed by atoms with van der Waals surface area (Å²) in [5, 5.41) is 2.92. The molecule has 0 bridgehead atoms. The third-order valence-corrected chi connectivity index (χ3v) is 3.09. The van der Waals surface area contributed by atoms with Crippen LogP contribution in [0.3, 0.4) is 0 Å². The van der Waals surface area contributed by atoms with E-state index >= 15 is 0 Å². The molecule has 0 amide bonds. The van der Waals surface area contributed by atoms with E-state index in [1.54, 1.807) is 4.90 Å². The van der Waals surface area contributed by atoms with Crippen LogP contribution in [0.2, 0.25) is 0 Å². The average Bonchev–Trinajstić information content (AvgIpc) is 2.35. The number of anilines is 1. The Morgan fingerprint density at radius 1 is 1.17 bits per heavy atom. The van der Waals surface area contributed by atoms with Gasteiger partial charge in [0, 0.05) is 5.69 Å². The van der Waals surface area contributed by atoms with Crippen LogP contribution in [0.15, 0.2) is 24.3 Å². The van der Waals surface area contributed by atoms with Crippen LogP contribution in [0.1, 0.15) is 26.3 Å². The molecule has 0 atom stereocenters. The molecular formula is C14H24N2S2. The van der Waals surface area contributed by atoms with E-state index in [1.165, 1.54) is 19.6 Å². The third-order valence-electron chi connectivity index (χ3n) is 2.88. The molecule has 18 heavy (non-hydrogen) atoms. The average molecular weight is 284 g/mol. The Morgan fingerprint density at radius 3 is 2.00 bits per heavy atom. The van der Waals surface area contributed by atoms with Crippen LogP contribution in [-0.2, 0) is 12.6 Å². The minimum absolute atomic E-state index is 0.388. The lowest BCUT2D eigenvalue weighted by atomic mass is 10.2. The number of hydrogen-bond acceptors (Lipinski definition) is 2. The molecule has 0 saturated carbocycles. The fourth-order valence-electron chi connectivity index (χ4n) is 1.57. The Labute approximate surface area is 122 Å². The van der Waals surface area contributed by atoms with Gasteiger partial charge < -0.3 is 35.1 Å². The maximum atomic E-state index is 4.74. The van der Waals surface area contributed by atoms with Gasteiger partial charge in [0.05, 0.1) is 19.6 Å². The molecule has 1 aromatic carbocycles. The van der Waals surface area contributed by atoms with E-state index in [9.17, 15) is 0 Å². The van der Waals surface area contributed by atoms with Gasteiger partial charge in [0.25, 0.3) is 0 Å². The minimum Gasteiger partial charge on any atom is -0.411 e. The summed E-state index contributed by atoms with van der Waals surface area (Å²) in [5.41, 5.74) is 2.15. The molecule has 0 spiro atoms. The summed E-state index contributed by atoms with van der Waals surface area (Å²) in [6, 6.07) is 7.89. The van der Waals surface area contributed by atoms with E-state index in [0.717, 1.165) is 11.3 Å². The second-order valence-electron chi connectivity index (χ2n) is 4.04. The lowest BCUT2D eigenvalue weighted by Gasteiger charge is -2.11. The number of nitrogens with one attached hydrogen (secondary N) is 2. The Morgan fingerprint density at radius 2 is 1.67 bits per heavy atom. The predicted molar refractivity (Wildman–Crippen MR) is 87.4 cm³/mol. The van der Waals surface area contributed by atoms with Gasteiger partial charge in [0.2, 0.25) is 0 Å². The normalized spacial score (nSPS) is 9.61. The monoisotopic (exact) mass is 284 g/mol. The van der Waals surface area contributed by atoms with Crippen molar-refractivity contribution in [3.05, 3.63) is 29.8 Å². The van der Waals surface area contributed by atoms with E-state index in [2.05, 4.69) is 26.1 Å². The maximum absolute atomic E-state index is 4.74. The summed E-state index contributed by atoms with van der Waals surface area (Å²) in [6.45, 7) is 12.5. The van der Waals surface area contributed by atoms with E-state index in [4.69, 9.17) is 24.8 Å². The molecular weight excluding hydrogens is 260 g/mol. The van der Waals surface area contributed by atoms with Gasteiger partial charge in [-0.2, -0.15) is 0 Å². The summed E-state index contributed by atoms with van der Waals surface area (Å²) < 4.78 is 0.388. The Hall–Kier alpha value is -0.710. The van der Waals surface area contributed by atoms with Gasteiger partial charge in [0.1, 0.15) is 0 Å². The quantitative estimate of drug-likeness (QED) is 0.652. The summed E-state index contributed by atoms with van der Waals surface area (Å²) in [5.74, 6) is 0. The first kappa shape index (κ1) is 17.3. The fourth-order valence-corrected chi connectivity index (χ4v) is 1.79. The van der Waals surface area contributed by atoms with E-state index in [-0.39, 0.29) is 0 Å². The molecule has 0 aliphatic carbocycles. The largest absolute Gasteiger partial charge is 0.411 e. The lowest BCUT2D eigenvalue weighted by Crippen LogP contribution is -3.11. The van der Waals surface area contributed by atoms with E-state index in [1.807, 2.05) is 31.2 Å². The van der Waals surface area contributed by atoms with Crippen LogP contribution in [0.25, 0.3) is 0 Å². The molecule has 2 nitrogen and oxygen atoms in total. The Balaban J connectivity index is 0.000000360. The number of hydrogen-bond donors (Lipinski definition) is 2. The van der Waals surface area contributed by atoms with Gasteiger partial charge in [-0.3, -0.25) is 0 Å². The van der Waals surface area contributed by atoms with Crippen molar-refractivity contribution < 1.29 is 4.90 Å². The van der Waals surface area contributed by atoms with E-state index in [0.29, 0.717) is 4.32 Å².